The topological polar surface area (TPSA) is 31.9 Å². The number of nitrogens with zero attached hydrogens (tertiary/aromatic N) is 2. The zero-order valence-corrected chi connectivity index (χ0v) is 16.3. The lowest BCUT2D eigenvalue weighted by Crippen LogP contribution is -2.38. The number of fused-ring (bicyclic) bond motifs is 3. The van der Waals surface area contributed by atoms with Gasteiger partial charge in [0.2, 0.25) is 0 Å². The van der Waals surface area contributed by atoms with Crippen molar-refractivity contribution in [1.29, 1.82) is 0 Å². The van der Waals surface area contributed by atoms with Crippen molar-refractivity contribution in [2.24, 2.45) is 5.92 Å². The molecular weight excluding hydrogens is 318 g/mol. The van der Waals surface area contributed by atoms with Crippen molar-refractivity contribution in [3.8, 4) is 0 Å². The van der Waals surface area contributed by atoms with Crippen molar-refractivity contribution in [2.45, 2.75) is 46.1 Å². The molecule has 4 rings (SSSR count). The van der Waals surface area contributed by atoms with E-state index in [4.69, 9.17) is 0 Å². The average molecular weight is 348 g/mol. The van der Waals surface area contributed by atoms with Crippen LogP contribution in [0.1, 0.15) is 61.9 Å². The molecule has 1 aliphatic heterocycles. The Balaban J connectivity index is 1.81. The molecule has 0 spiro atoms. The Hall–Kier alpha value is -2.13. The zero-order valence-electron chi connectivity index (χ0n) is 16.3. The summed E-state index contributed by atoms with van der Waals surface area (Å²) in [6.45, 7) is 11.4. The van der Waals surface area contributed by atoms with Gasteiger partial charge in [-0.3, -0.25) is 10.00 Å². The van der Waals surface area contributed by atoms with Crippen LogP contribution in [0.15, 0.2) is 42.6 Å². The Labute approximate surface area is 156 Å². The highest BCUT2D eigenvalue weighted by molar-refractivity contribution is 5.83. The third kappa shape index (κ3) is 3.05. The first-order chi connectivity index (χ1) is 12.5. The maximum atomic E-state index is 4.27. The molecule has 2 aromatic carbocycles. The third-order valence-electron chi connectivity index (χ3n) is 5.60. The molecule has 0 fully saturated rings. The van der Waals surface area contributed by atoms with E-state index < -0.39 is 0 Å². The van der Waals surface area contributed by atoms with Gasteiger partial charge in [0.05, 0.1) is 17.8 Å². The van der Waals surface area contributed by atoms with Gasteiger partial charge in [-0.05, 0) is 46.6 Å². The van der Waals surface area contributed by atoms with E-state index in [0.29, 0.717) is 17.9 Å². The molecule has 0 bridgehead atoms. The maximum absolute atomic E-state index is 4.27. The van der Waals surface area contributed by atoms with Crippen LogP contribution in [-0.4, -0.2) is 28.2 Å². The van der Waals surface area contributed by atoms with Gasteiger partial charge in [0.15, 0.2) is 0 Å². The van der Waals surface area contributed by atoms with Gasteiger partial charge in [0, 0.05) is 18.5 Å². The number of aromatic amines is 1. The molecule has 2 heterocycles. The highest BCUT2D eigenvalue weighted by Gasteiger charge is 2.30. The summed E-state index contributed by atoms with van der Waals surface area (Å²) >= 11 is 0. The first-order valence-electron chi connectivity index (χ1n) is 9.83. The first kappa shape index (κ1) is 17.3. The van der Waals surface area contributed by atoms with Gasteiger partial charge in [0.25, 0.3) is 0 Å². The highest BCUT2D eigenvalue weighted by Crippen LogP contribution is 2.38. The second-order valence-corrected chi connectivity index (χ2v) is 8.33. The van der Waals surface area contributed by atoms with Gasteiger partial charge in [-0.1, -0.05) is 58.0 Å². The molecule has 3 heteroatoms. The van der Waals surface area contributed by atoms with Crippen LogP contribution in [0, 0.1) is 5.92 Å². The maximum Gasteiger partial charge on any atom is 0.0653 e. The predicted molar refractivity (Wildman–Crippen MR) is 109 cm³/mol. The fourth-order valence-corrected chi connectivity index (χ4v) is 4.33. The summed E-state index contributed by atoms with van der Waals surface area (Å²) in [6, 6.07) is 14.1. The fraction of sp³-hybridized carbons (Fsp3) is 0.435. The van der Waals surface area contributed by atoms with Crippen molar-refractivity contribution in [3.05, 3.63) is 64.8 Å². The molecule has 3 nitrogen and oxygen atoms in total. The summed E-state index contributed by atoms with van der Waals surface area (Å²) in [5.74, 6) is 1.23. The van der Waals surface area contributed by atoms with Gasteiger partial charge in [-0.25, -0.2) is 0 Å². The van der Waals surface area contributed by atoms with Crippen molar-refractivity contribution >= 4 is 10.9 Å². The van der Waals surface area contributed by atoms with E-state index in [1.54, 1.807) is 0 Å². The van der Waals surface area contributed by atoms with Crippen LogP contribution in [0.25, 0.3) is 10.9 Å². The number of hydrogen-bond acceptors (Lipinski definition) is 2. The summed E-state index contributed by atoms with van der Waals surface area (Å²) in [7, 11) is 0. The molecule has 1 aromatic heterocycles. The summed E-state index contributed by atoms with van der Waals surface area (Å²) in [5.41, 5.74) is 6.87. The minimum Gasteiger partial charge on any atom is -0.292 e. The molecule has 0 saturated carbocycles. The van der Waals surface area contributed by atoms with Crippen LogP contribution in [0.4, 0.5) is 0 Å². The zero-order chi connectivity index (χ0) is 18.3. The van der Waals surface area contributed by atoms with Gasteiger partial charge in [-0.2, -0.15) is 5.10 Å². The van der Waals surface area contributed by atoms with E-state index in [-0.39, 0.29) is 0 Å². The summed E-state index contributed by atoms with van der Waals surface area (Å²) in [5, 5.41) is 8.68. The van der Waals surface area contributed by atoms with Crippen LogP contribution < -0.4 is 0 Å². The summed E-state index contributed by atoms with van der Waals surface area (Å²) in [6.07, 6.45) is 3.09. The van der Waals surface area contributed by atoms with Crippen LogP contribution >= 0.6 is 0 Å². The molecule has 1 N–H and O–H groups in total. The molecule has 0 amide bonds. The normalized spacial score (nSPS) is 18.0. The summed E-state index contributed by atoms with van der Waals surface area (Å²) < 4.78 is 0. The number of H-pyrrole nitrogens is 1. The molecule has 0 aliphatic carbocycles. The Morgan fingerprint density at radius 3 is 2.54 bits per heavy atom. The Bertz CT molecular complexity index is 889. The Kier molecular flexibility index (Phi) is 4.58. The standard InChI is InChI=1S/C23H29N3/c1-15(2)14-26-12-11-19-20(9-10-22-21(19)13-24-25-22)23(26)18-7-5-17(6-8-18)16(3)4/h5-10,13,15-16,23H,11-12,14H2,1-4H3,(H,24,25). The van der Waals surface area contributed by atoms with Gasteiger partial charge >= 0.3 is 0 Å². The van der Waals surface area contributed by atoms with Crippen LogP contribution in [-0.2, 0) is 6.42 Å². The van der Waals surface area contributed by atoms with E-state index in [9.17, 15) is 0 Å². The fourth-order valence-electron chi connectivity index (χ4n) is 4.33. The Morgan fingerprint density at radius 1 is 1.08 bits per heavy atom. The number of nitrogens with one attached hydrogen (secondary N) is 1. The second-order valence-electron chi connectivity index (χ2n) is 8.33. The third-order valence-corrected chi connectivity index (χ3v) is 5.60. The predicted octanol–water partition coefficient (Wildman–Crippen LogP) is 5.29. The lowest BCUT2D eigenvalue weighted by Gasteiger charge is -2.39. The lowest BCUT2D eigenvalue weighted by atomic mass is 9.85. The van der Waals surface area contributed by atoms with Crippen molar-refractivity contribution < 1.29 is 0 Å². The lowest BCUT2D eigenvalue weighted by molar-refractivity contribution is 0.191. The van der Waals surface area contributed by atoms with Gasteiger partial charge in [0.1, 0.15) is 0 Å². The smallest absolute Gasteiger partial charge is 0.0653 e. The van der Waals surface area contributed by atoms with Gasteiger partial charge < -0.3 is 0 Å². The monoisotopic (exact) mass is 347 g/mol. The molecular formula is C23H29N3. The van der Waals surface area contributed by atoms with Crippen LogP contribution in [0.2, 0.25) is 0 Å². The summed E-state index contributed by atoms with van der Waals surface area (Å²) in [4.78, 5) is 2.66. The van der Waals surface area contributed by atoms with Crippen molar-refractivity contribution in [3.63, 3.8) is 0 Å². The van der Waals surface area contributed by atoms with Crippen LogP contribution in [0.3, 0.4) is 0 Å². The minimum atomic E-state index is 0.335. The number of benzene rings is 2. The Morgan fingerprint density at radius 2 is 1.85 bits per heavy atom. The molecule has 1 unspecified atom stereocenters. The van der Waals surface area contributed by atoms with Crippen molar-refractivity contribution in [2.75, 3.05) is 13.1 Å². The molecule has 1 atom stereocenters. The molecule has 136 valence electrons. The van der Waals surface area contributed by atoms with Crippen molar-refractivity contribution in [1.82, 2.24) is 15.1 Å². The molecule has 0 saturated heterocycles. The minimum absolute atomic E-state index is 0.335. The van der Waals surface area contributed by atoms with E-state index in [0.717, 1.165) is 25.0 Å². The second kappa shape index (κ2) is 6.88. The first-order valence-corrected chi connectivity index (χ1v) is 9.83. The number of aromatic nitrogens is 2. The number of rotatable bonds is 4. The number of hydrogen-bond donors (Lipinski definition) is 1. The van der Waals surface area contributed by atoms with E-state index >= 15 is 0 Å². The SMILES string of the molecule is CC(C)CN1CCc2c(ccc3[nH]ncc23)C1c1ccc(C(C)C)cc1. The van der Waals surface area contributed by atoms with Gasteiger partial charge in [-0.15, -0.1) is 0 Å². The molecule has 0 radical (unpaired) electrons. The quantitative estimate of drug-likeness (QED) is 0.695. The van der Waals surface area contributed by atoms with E-state index in [1.165, 1.54) is 27.6 Å². The largest absolute Gasteiger partial charge is 0.292 e. The molecule has 26 heavy (non-hydrogen) atoms. The molecule has 3 aromatic rings. The van der Waals surface area contributed by atoms with E-state index in [1.807, 2.05) is 6.20 Å². The van der Waals surface area contributed by atoms with E-state index in [2.05, 4.69) is 79.2 Å². The average Bonchev–Trinajstić information content (AvgIpc) is 3.10. The van der Waals surface area contributed by atoms with Crippen LogP contribution in [0.5, 0.6) is 0 Å². The highest BCUT2D eigenvalue weighted by atomic mass is 15.2. The molecule has 1 aliphatic rings.